The summed E-state index contributed by atoms with van der Waals surface area (Å²) in [5.41, 5.74) is 4.99. The Morgan fingerprint density at radius 2 is 1.81 bits per heavy atom. The number of carbonyl (C=O) groups is 1. The van der Waals surface area contributed by atoms with Crippen LogP contribution in [0.15, 0.2) is 77.9 Å². The zero-order valence-electron chi connectivity index (χ0n) is 19.9. The van der Waals surface area contributed by atoms with Gasteiger partial charge in [0.05, 0.1) is 37.3 Å². The predicted octanol–water partition coefficient (Wildman–Crippen LogP) is 5.28. The minimum Gasteiger partial charge on any atom is -0.497 e. The summed E-state index contributed by atoms with van der Waals surface area (Å²) in [5.74, 6) is 0.189. The molecule has 1 amide bonds. The first kappa shape index (κ1) is 26.4. The van der Waals surface area contributed by atoms with Gasteiger partial charge in [-0.05, 0) is 54.1 Å². The molecule has 0 bridgehead atoms. The monoisotopic (exact) mass is 556 g/mol. The highest BCUT2D eigenvalue weighted by atomic mass is 35.5. The summed E-state index contributed by atoms with van der Waals surface area (Å²) in [6, 6.07) is 20.4. The van der Waals surface area contributed by atoms with Crippen molar-refractivity contribution in [1.29, 1.82) is 0 Å². The molecular formula is C26H22Cl2N4O4S. The number of halogens is 2. The SMILES string of the molecule is COc1ccc2cc(/C=N\NC(=O)c3ccc(N(Cc4ccccc4Cl)S(C)(=O)=O)cc3)c(Cl)nc2c1. The van der Waals surface area contributed by atoms with Crippen molar-refractivity contribution in [2.75, 3.05) is 17.7 Å². The Kier molecular flexibility index (Phi) is 7.97. The van der Waals surface area contributed by atoms with E-state index in [4.69, 9.17) is 27.9 Å². The number of hydrogen-bond donors (Lipinski definition) is 1. The molecule has 4 rings (SSSR count). The molecule has 190 valence electrons. The van der Waals surface area contributed by atoms with Gasteiger partial charge in [-0.25, -0.2) is 18.8 Å². The Labute approximate surface area is 224 Å². The molecule has 8 nitrogen and oxygen atoms in total. The number of rotatable bonds is 8. The van der Waals surface area contributed by atoms with E-state index in [0.717, 1.165) is 11.6 Å². The molecule has 11 heteroatoms. The summed E-state index contributed by atoms with van der Waals surface area (Å²) in [4.78, 5) is 16.9. The standard InChI is InChI=1S/C26H22Cl2N4O4S/c1-36-22-12-9-18-13-20(25(28)30-24(18)14-22)15-29-31-26(33)17-7-10-21(11-8-17)32(37(2,34)35)16-19-5-3-4-6-23(19)27/h3-15H,16H2,1-2H3,(H,31,33)/b29-15-. The molecule has 0 spiro atoms. The normalized spacial score (nSPS) is 11.6. The number of sulfonamides is 1. The van der Waals surface area contributed by atoms with Crippen LogP contribution in [-0.2, 0) is 16.6 Å². The molecule has 0 atom stereocenters. The summed E-state index contributed by atoms with van der Waals surface area (Å²) < 4.78 is 31.3. The molecular weight excluding hydrogens is 535 g/mol. The van der Waals surface area contributed by atoms with Crippen molar-refractivity contribution in [1.82, 2.24) is 10.4 Å². The maximum Gasteiger partial charge on any atom is 0.271 e. The Morgan fingerprint density at radius 3 is 2.49 bits per heavy atom. The summed E-state index contributed by atoms with van der Waals surface area (Å²) in [7, 11) is -2.04. The van der Waals surface area contributed by atoms with Crippen LogP contribution < -0.4 is 14.5 Å². The molecule has 0 radical (unpaired) electrons. The summed E-state index contributed by atoms with van der Waals surface area (Å²) in [6.07, 6.45) is 2.52. The number of methoxy groups -OCH3 is 1. The van der Waals surface area contributed by atoms with Crippen molar-refractivity contribution >= 4 is 61.9 Å². The second kappa shape index (κ2) is 11.2. The molecule has 0 fully saturated rings. The highest BCUT2D eigenvalue weighted by Gasteiger charge is 2.19. The molecule has 0 aliphatic carbocycles. The number of nitrogens with one attached hydrogen (secondary N) is 1. The van der Waals surface area contributed by atoms with E-state index in [1.165, 1.54) is 22.7 Å². The van der Waals surface area contributed by atoms with Gasteiger partial charge in [0.1, 0.15) is 10.9 Å². The summed E-state index contributed by atoms with van der Waals surface area (Å²) >= 11 is 12.5. The Bertz CT molecular complexity index is 1590. The molecule has 3 aromatic carbocycles. The zero-order valence-corrected chi connectivity index (χ0v) is 22.2. The number of anilines is 1. The maximum atomic E-state index is 12.6. The largest absolute Gasteiger partial charge is 0.497 e. The first-order valence-corrected chi connectivity index (χ1v) is 13.5. The van der Waals surface area contributed by atoms with Crippen LogP contribution in [0, 0.1) is 0 Å². The van der Waals surface area contributed by atoms with E-state index >= 15 is 0 Å². The van der Waals surface area contributed by atoms with Gasteiger partial charge in [0, 0.05) is 27.6 Å². The van der Waals surface area contributed by atoms with E-state index in [1.807, 2.05) is 12.1 Å². The molecule has 0 saturated carbocycles. The molecule has 37 heavy (non-hydrogen) atoms. The van der Waals surface area contributed by atoms with Gasteiger partial charge in [0.15, 0.2) is 0 Å². The first-order chi connectivity index (χ1) is 17.7. The Balaban J connectivity index is 1.47. The molecule has 0 aliphatic heterocycles. The third-order valence-electron chi connectivity index (χ3n) is 5.46. The number of benzene rings is 3. The number of nitrogens with zero attached hydrogens (tertiary/aromatic N) is 3. The van der Waals surface area contributed by atoms with Crippen molar-refractivity contribution in [3.8, 4) is 5.75 Å². The minimum absolute atomic E-state index is 0.0572. The highest BCUT2D eigenvalue weighted by molar-refractivity contribution is 7.92. The Hall–Kier alpha value is -3.66. The van der Waals surface area contributed by atoms with E-state index in [2.05, 4.69) is 15.5 Å². The van der Waals surface area contributed by atoms with Crippen molar-refractivity contribution < 1.29 is 17.9 Å². The molecule has 0 saturated heterocycles. The fourth-order valence-corrected chi connectivity index (χ4v) is 4.81. The van der Waals surface area contributed by atoms with Crippen LogP contribution in [-0.4, -0.2) is 38.9 Å². The van der Waals surface area contributed by atoms with Crippen molar-refractivity contribution in [3.05, 3.63) is 99.7 Å². The van der Waals surface area contributed by atoms with Gasteiger partial charge in [-0.15, -0.1) is 0 Å². The molecule has 0 aliphatic rings. The van der Waals surface area contributed by atoms with Gasteiger partial charge in [-0.2, -0.15) is 5.10 Å². The lowest BCUT2D eigenvalue weighted by molar-refractivity contribution is 0.0955. The van der Waals surface area contributed by atoms with Gasteiger partial charge in [-0.3, -0.25) is 9.10 Å². The average molecular weight is 557 g/mol. The highest BCUT2D eigenvalue weighted by Crippen LogP contribution is 2.25. The lowest BCUT2D eigenvalue weighted by atomic mass is 10.1. The van der Waals surface area contributed by atoms with E-state index in [9.17, 15) is 13.2 Å². The number of carbonyl (C=O) groups excluding carboxylic acids is 1. The average Bonchev–Trinajstić information content (AvgIpc) is 2.87. The fraction of sp³-hybridized carbons (Fsp3) is 0.115. The topological polar surface area (TPSA) is 101 Å². The second-order valence-corrected chi connectivity index (χ2v) is 10.7. The molecule has 1 N–H and O–H groups in total. The summed E-state index contributed by atoms with van der Waals surface area (Å²) in [6.45, 7) is 0.0572. The van der Waals surface area contributed by atoms with E-state index < -0.39 is 15.9 Å². The van der Waals surface area contributed by atoms with E-state index in [1.54, 1.807) is 55.6 Å². The number of hydrogen-bond acceptors (Lipinski definition) is 6. The van der Waals surface area contributed by atoms with Gasteiger partial charge in [0.2, 0.25) is 10.0 Å². The van der Waals surface area contributed by atoms with Gasteiger partial charge in [0.25, 0.3) is 5.91 Å². The Morgan fingerprint density at radius 1 is 1.08 bits per heavy atom. The van der Waals surface area contributed by atoms with E-state index in [0.29, 0.717) is 38.7 Å². The number of aromatic nitrogens is 1. The van der Waals surface area contributed by atoms with Crippen LogP contribution in [0.25, 0.3) is 10.9 Å². The fourth-order valence-electron chi connectivity index (χ4n) is 3.54. The van der Waals surface area contributed by atoms with Crippen molar-refractivity contribution in [2.24, 2.45) is 5.10 Å². The predicted molar refractivity (Wildman–Crippen MR) is 147 cm³/mol. The smallest absolute Gasteiger partial charge is 0.271 e. The van der Waals surface area contributed by atoms with Crippen LogP contribution in [0.3, 0.4) is 0 Å². The lowest BCUT2D eigenvalue weighted by Gasteiger charge is -2.23. The number of hydrazone groups is 1. The third kappa shape index (κ3) is 6.37. The lowest BCUT2D eigenvalue weighted by Crippen LogP contribution is -2.29. The first-order valence-electron chi connectivity index (χ1n) is 10.9. The van der Waals surface area contributed by atoms with Crippen LogP contribution >= 0.6 is 23.2 Å². The number of fused-ring (bicyclic) bond motifs is 1. The number of ether oxygens (including phenoxy) is 1. The van der Waals surface area contributed by atoms with Crippen LogP contribution in [0.1, 0.15) is 21.5 Å². The van der Waals surface area contributed by atoms with E-state index in [-0.39, 0.29) is 11.7 Å². The van der Waals surface area contributed by atoms with Crippen molar-refractivity contribution in [3.63, 3.8) is 0 Å². The zero-order chi connectivity index (χ0) is 26.6. The molecule has 0 unspecified atom stereocenters. The number of amides is 1. The van der Waals surface area contributed by atoms with Crippen LogP contribution in [0.4, 0.5) is 5.69 Å². The quantitative estimate of drug-likeness (QED) is 0.181. The molecule has 4 aromatic rings. The van der Waals surface area contributed by atoms with Gasteiger partial charge in [-0.1, -0.05) is 41.4 Å². The van der Waals surface area contributed by atoms with Crippen molar-refractivity contribution in [2.45, 2.75) is 6.54 Å². The van der Waals surface area contributed by atoms with Gasteiger partial charge >= 0.3 is 0 Å². The number of pyridine rings is 1. The maximum absolute atomic E-state index is 12.6. The third-order valence-corrected chi connectivity index (χ3v) is 7.28. The van der Waals surface area contributed by atoms with Crippen LogP contribution in [0.5, 0.6) is 5.75 Å². The summed E-state index contributed by atoms with van der Waals surface area (Å²) in [5, 5.41) is 5.51. The molecule has 1 aromatic heterocycles. The molecule has 1 heterocycles. The van der Waals surface area contributed by atoms with Crippen LogP contribution in [0.2, 0.25) is 10.2 Å². The van der Waals surface area contributed by atoms with Gasteiger partial charge < -0.3 is 4.74 Å². The second-order valence-electron chi connectivity index (χ2n) is 8.03. The minimum atomic E-state index is -3.61.